The summed E-state index contributed by atoms with van der Waals surface area (Å²) < 4.78 is 42.4. The number of carbonyl (C=O) groups is 4. The van der Waals surface area contributed by atoms with Gasteiger partial charge in [-0.05, 0) is 134 Å². The minimum atomic E-state index is -1.37. The number of aromatic nitrogens is 4. The third-order valence-corrected chi connectivity index (χ3v) is 13.2. The lowest BCUT2D eigenvalue weighted by Gasteiger charge is -2.17. The maximum absolute atomic E-state index is 12.6. The van der Waals surface area contributed by atoms with Gasteiger partial charge in [0.25, 0.3) is 11.8 Å². The van der Waals surface area contributed by atoms with E-state index in [4.69, 9.17) is 38.9 Å². The molecular formula is C68H74N8O12. The van der Waals surface area contributed by atoms with Crippen LogP contribution < -0.4 is 48.9 Å². The van der Waals surface area contributed by atoms with Gasteiger partial charge in [-0.3, -0.25) is 9.59 Å². The molecule has 2 aromatic heterocycles. The first-order valence-corrected chi connectivity index (χ1v) is 28.8. The number of hydrogen-bond donors (Lipinski definition) is 2. The summed E-state index contributed by atoms with van der Waals surface area (Å²) in [5, 5.41) is 42.9. The van der Waals surface area contributed by atoms with Gasteiger partial charge in [0.2, 0.25) is 12.7 Å². The topological polar surface area (TPSA) is 259 Å². The molecule has 0 spiro atoms. The average Bonchev–Trinajstić information content (AvgIpc) is 4.28. The lowest BCUT2D eigenvalue weighted by atomic mass is 10.1. The van der Waals surface area contributed by atoms with Gasteiger partial charge in [-0.15, -0.1) is 0 Å². The van der Waals surface area contributed by atoms with Crippen molar-refractivity contribution in [2.75, 3.05) is 51.3 Å². The second kappa shape index (κ2) is 36.5. The number of rotatable bonds is 31. The summed E-state index contributed by atoms with van der Waals surface area (Å²) in [5.74, 6) is 0.0512. The third-order valence-electron chi connectivity index (χ3n) is 13.2. The number of carbonyl (C=O) groups excluding carboxylic acids is 4. The summed E-state index contributed by atoms with van der Waals surface area (Å²) >= 11 is 0. The molecule has 2 N–H and O–H groups in total. The predicted molar refractivity (Wildman–Crippen MR) is 323 cm³/mol. The van der Waals surface area contributed by atoms with Gasteiger partial charge in [0, 0.05) is 35.4 Å². The van der Waals surface area contributed by atoms with Crippen LogP contribution in [0.25, 0.3) is 0 Å². The van der Waals surface area contributed by atoms with Gasteiger partial charge < -0.3 is 58.9 Å². The van der Waals surface area contributed by atoms with E-state index in [1.54, 1.807) is 26.4 Å². The highest BCUT2D eigenvalue weighted by atomic mass is 16.5. The number of nitrogens with one attached hydrogen (secondary N) is 2. The Labute approximate surface area is 513 Å². The van der Waals surface area contributed by atoms with Crippen LogP contribution in [0.2, 0.25) is 0 Å². The molecule has 6 aromatic carbocycles. The Balaban J connectivity index is 0.000000250. The second-order valence-electron chi connectivity index (χ2n) is 20.0. The second-order valence-corrected chi connectivity index (χ2v) is 20.0. The fourth-order valence-electron chi connectivity index (χ4n) is 8.64. The number of carboxylic acids is 2. The summed E-state index contributed by atoms with van der Waals surface area (Å²) in [6.07, 6.45) is 13.5. The first-order valence-electron chi connectivity index (χ1n) is 28.8. The van der Waals surface area contributed by atoms with Crippen LogP contribution in [-0.4, -0.2) is 73.5 Å². The van der Waals surface area contributed by atoms with Gasteiger partial charge in [0.15, 0.2) is 13.1 Å². The molecule has 0 saturated heterocycles. The van der Waals surface area contributed by atoms with Crippen molar-refractivity contribution >= 4 is 35.1 Å². The van der Waals surface area contributed by atoms with Crippen molar-refractivity contribution in [3.63, 3.8) is 0 Å². The number of ether oxygens (including phenoxy) is 6. The zero-order chi connectivity index (χ0) is 62.9. The largest absolute Gasteiger partial charge is 0.550 e. The minimum Gasteiger partial charge on any atom is -0.550 e. The average molecular weight is 1200 g/mol. The number of benzene rings is 6. The molecule has 2 amide bonds. The van der Waals surface area contributed by atoms with Crippen molar-refractivity contribution in [3.8, 4) is 35.1 Å². The molecular weight excluding hydrogens is 1120 g/mol. The van der Waals surface area contributed by atoms with Crippen molar-refractivity contribution in [2.45, 2.75) is 90.8 Å². The highest BCUT2D eigenvalue weighted by Crippen LogP contribution is 2.26. The van der Waals surface area contributed by atoms with Crippen LogP contribution in [0.4, 0.5) is 11.4 Å². The van der Waals surface area contributed by atoms with Crippen LogP contribution in [0.15, 0.2) is 183 Å². The fraction of sp³-hybridized carbons (Fsp3) is 0.294. The highest BCUT2D eigenvalue weighted by molar-refractivity contribution is 5.90. The quantitative estimate of drug-likeness (QED) is 0.0401. The van der Waals surface area contributed by atoms with E-state index < -0.39 is 24.8 Å². The lowest BCUT2D eigenvalue weighted by Crippen LogP contribution is -2.38. The monoisotopic (exact) mass is 1190 g/mol. The number of methoxy groups -OCH3 is 2. The number of anilines is 2. The van der Waals surface area contributed by atoms with Crippen molar-refractivity contribution in [3.05, 3.63) is 216 Å². The molecule has 0 aliphatic heterocycles. The Morgan fingerprint density at radius 1 is 0.523 bits per heavy atom. The summed E-state index contributed by atoms with van der Waals surface area (Å²) in [4.78, 5) is 44.2. The molecule has 0 radical (unpaired) electrons. The normalized spacial score (nSPS) is 11.2. The lowest BCUT2D eigenvalue weighted by molar-refractivity contribution is -0.683. The molecule has 20 nitrogen and oxygen atoms in total. The predicted octanol–water partition coefficient (Wildman–Crippen LogP) is 7.43. The van der Waals surface area contributed by atoms with Crippen molar-refractivity contribution in [2.24, 2.45) is 0 Å². The molecule has 0 fully saturated rings. The number of imidazole rings is 2. The van der Waals surface area contributed by atoms with E-state index in [2.05, 4.69) is 36.6 Å². The van der Waals surface area contributed by atoms with E-state index in [0.29, 0.717) is 73.5 Å². The SMILES string of the molecule is CCCOc1ccc(C(Cn2cc[n+](CC(=O)Nc3cccc(OC)c3)c2)OCCc2ccc(C#N)cc2)cc1.CCCOc1ccc(C(Cn2cc[n+](CC(=O)Nc3cccc(OC)c3)c2)OCCc2ccc(C#N)cc2)cc1.O=C([O-])CCC(=O)[O-]. The van der Waals surface area contributed by atoms with Crippen molar-refractivity contribution < 1.29 is 66.9 Å². The van der Waals surface area contributed by atoms with Gasteiger partial charge >= 0.3 is 0 Å². The van der Waals surface area contributed by atoms with Crippen LogP contribution in [-0.2, 0) is 67.7 Å². The number of nitrogens with zero attached hydrogens (tertiary/aromatic N) is 6. The van der Waals surface area contributed by atoms with E-state index in [1.807, 2.05) is 189 Å². The zero-order valence-corrected chi connectivity index (χ0v) is 50.0. The summed E-state index contributed by atoms with van der Waals surface area (Å²) in [6, 6.07) is 50.0. The van der Waals surface area contributed by atoms with E-state index in [1.165, 1.54) is 0 Å². The van der Waals surface area contributed by atoms with Crippen molar-refractivity contribution in [1.29, 1.82) is 10.5 Å². The zero-order valence-electron chi connectivity index (χ0n) is 50.0. The number of nitriles is 2. The third kappa shape index (κ3) is 24.0. The molecule has 8 rings (SSSR count). The maximum Gasteiger partial charge on any atom is 0.266 e. The van der Waals surface area contributed by atoms with Crippen LogP contribution in [0.5, 0.6) is 23.0 Å². The first-order chi connectivity index (χ1) is 42.7. The summed E-state index contributed by atoms with van der Waals surface area (Å²) in [5.41, 5.74) is 6.97. The Kier molecular flexibility index (Phi) is 27.8. The molecule has 20 heteroatoms. The van der Waals surface area contributed by atoms with Gasteiger partial charge in [-0.25, -0.2) is 18.3 Å². The molecule has 2 unspecified atom stereocenters. The first kappa shape index (κ1) is 66.9. The van der Waals surface area contributed by atoms with E-state index >= 15 is 0 Å². The molecule has 2 heterocycles. The molecule has 0 aliphatic rings. The van der Waals surface area contributed by atoms with Crippen LogP contribution in [0.3, 0.4) is 0 Å². The Hall–Kier alpha value is -10.3. The van der Waals surface area contributed by atoms with Gasteiger partial charge in [0.05, 0.1) is 63.9 Å². The summed E-state index contributed by atoms with van der Waals surface area (Å²) in [7, 11) is 3.19. The molecule has 0 aliphatic carbocycles. The fourth-order valence-corrected chi connectivity index (χ4v) is 8.64. The van der Waals surface area contributed by atoms with Gasteiger partial charge in [-0.1, -0.05) is 74.5 Å². The number of amides is 2. The van der Waals surface area contributed by atoms with Crippen LogP contribution >= 0.6 is 0 Å². The molecule has 0 bridgehead atoms. The Morgan fingerprint density at radius 2 is 0.909 bits per heavy atom. The minimum absolute atomic E-state index is 0.131. The number of carboxylic acid groups (broad SMARTS) is 2. The molecule has 8 aromatic rings. The standard InChI is InChI=1S/2C32H34N4O4.C4H6O4/c2*1-3-18-39-29-13-11-27(12-14-29)31(40-19-15-25-7-9-26(21-33)10-8-25)22-35-16-17-36(24-35)23-32(37)34-28-5-4-6-30(20-28)38-2;5-3(6)1-2-4(7)8/h2*4-14,16-17,20,24,31H,3,15,18-19,22-23H2,1-2H3;1-2H2,(H,5,6)(H,7,8). The molecule has 458 valence electrons. The summed E-state index contributed by atoms with van der Waals surface area (Å²) in [6.45, 7) is 8.08. The van der Waals surface area contributed by atoms with Crippen LogP contribution in [0.1, 0.15) is 85.1 Å². The molecule has 2 atom stereocenters. The number of aliphatic carboxylic acids is 2. The molecule has 0 saturated carbocycles. The van der Waals surface area contributed by atoms with Gasteiger partial charge in [0.1, 0.15) is 73.1 Å². The Bertz CT molecular complexity index is 3290. The highest BCUT2D eigenvalue weighted by Gasteiger charge is 2.21. The smallest absolute Gasteiger partial charge is 0.266 e. The van der Waals surface area contributed by atoms with Crippen LogP contribution in [0, 0.1) is 22.7 Å². The van der Waals surface area contributed by atoms with Gasteiger partial charge in [-0.2, -0.15) is 10.5 Å². The molecule has 88 heavy (non-hydrogen) atoms. The van der Waals surface area contributed by atoms with E-state index in [-0.39, 0.29) is 37.1 Å². The van der Waals surface area contributed by atoms with E-state index in [0.717, 1.165) is 59.4 Å². The Morgan fingerprint density at radius 3 is 1.25 bits per heavy atom. The number of hydrogen-bond acceptors (Lipinski definition) is 14. The van der Waals surface area contributed by atoms with Crippen molar-refractivity contribution in [1.82, 2.24) is 9.13 Å². The van der Waals surface area contributed by atoms with E-state index in [9.17, 15) is 29.4 Å². The maximum atomic E-state index is 12.6.